The zero-order chi connectivity index (χ0) is 15.1. The summed E-state index contributed by atoms with van der Waals surface area (Å²) in [5.74, 6) is -0.467. The molecule has 2 aromatic heterocycles. The molecular weight excluding hydrogens is 274 g/mol. The van der Waals surface area contributed by atoms with E-state index >= 15 is 0 Å². The molecule has 21 heavy (non-hydrogen) atoms. The molecule has 114 valence electrons. The second kappa shape index (κ2) is 7.53. The van der Waals surface area contributed by atoms with Gasteiger partial charge >= 0.3 is 5.97 Å². The lowest BCUT2D eigenvalue weighted by Crippen LogP contribution is -2.12. The molecule has 0 aliphatic heterocycles. The third kappa shape index (κ3) is 4.12. The first-order chi connectivity index (χ1) is 10.2. The maximum absolute atomic E-state index is 11.8. The Morgan fingerprint density at radius 3 is 2.90 bits per heavy atom. The quantitative estimate of drug-likeness (QED) is 0.525. The van der Waals surface area contributed by atoms with Crippen LogP contribution in [0.3, 0.4) is 0 Å². The summed E-state index contributed by atoms with van der Waals surface area (Å²) in [6.45, 7) is 3.91. The molecule has 0 spiro atoms. The number of carbonyl (C=O) groups is 1. The second-order valence-corrected chi connectivity index (χ2v) is 4.53. The average molecular weight is 293 g/mol. The van der Waals surface area contributed by atoms with Crippen molar-refractivity contribution >= 4 is 5.97 Å². The number of nitrogens with zero attached hydrogens (tertiary/aromatic N) is 5. The summed E-state index contributed by atoms with van der Waals surface area (Å²) in [5.41, 5.74) is 0.969. The van der Waals surface area contributed by atoms with Crippen molar-refractivity contribution in [2.45, 2.75) is 26.4 Å². The molecule has 0 aliphatic rings. The lowest BCUT2D eigenvalue weighted by atomic mass is 10.3. The predicted molar refractivity (Wildman–Crippen MR) is 73.8 cm³/mol. The van der Waals surface area contributed by atoms with Crippen LogP contribution in [0, 0.1) is 6.92 Å². The van der Waals surface area contributed by atoms with Gasteiger partial charge in [0.05, 0.1) is 18.6 Å². The monoisotopic (exact) mass is 293 g/mol. The Bertz CT molecular complexity index is 564. The molecule has 0 N–H and O–H groups in total. The van der Waals surface area contributed by atoms with E-state index in [0.717, 1.165) is 13.0 Å². The Kier molecular flexibility index (Phi) is 5.44. The summed E-state index contributed by atoms with van der Waals surface area (Å²) in [6.07, 6.45) is 6.30. The third-order valence-corrected chi connectivity index (χ3v) is 3.04. The topological polar surface area (TPSA) is 84.1 Å². The summed E-state index contributed by atoms with van der Waals surface area (Å²) < 4.78 is 13.6. The molecule has 2 rings (SSSR count). The summed E-state index contributed by atoms with van der Waals surface area (Å²) >= 11 is 0. The molecule has 8 heteroatoms. The van der Waals surface area contributed by atoms with Crippen LogP contribution in [0.25, 0.3) is 0 Å². The zero-order valence-corrected chi connectivity index (χ0v) is 12.2. The van der Waals surface area contributed by atoms with Crippen molar-refractivity contribution in [3.63, 3.8) is 0 Å². The van der Waals surface area contributed by atoms with Crippen LogP contribution >= 0.6 is 0 Å². The lowest BCUT2D eigenvalue weighted by molar-refractivity contribution is 0.0380. The molecule has 0 atom stereocenters. The molecule has 0 aromatic carbocycles. The summed E-state index contributed by atoms with van der Waals surface area (Å²) in [6, 6.07) is 0. The van der Waals surface area contributed by atoms with E-state index in [1.807, 2.05) is 17.7 Å². The Balaban J connectivity index is 1.86. The van der Waals surface area contributed by atoms with Gasteiger partial charge in [0.2, 0.25) is 0 Å². The first-order valence-corrected chi connectivity index (χ1v) is 6.74. The first kappa shape index (κ1) is 15.2. The summed E-state index contributed by atoms with van der Waals surface area (Å²) in [7, 11) is 1.55. The lowest BCUT2D eigenvalue weighted by Gasteiger charge is -2.05. The number of rotatable bonds is 8. The van der Waals surface area contributed by atoms with Gasteiger partial charge in [0.1, 0.15) is 6.61 Å². The standard InChI is InChI=1S/C13H19N5O3/c1-11-12(13(19)21-9-8-20-2)15-16-18(11)6-3-5-17-7-4-14-10-17/h4,7,10H,3,5-6,8-9H2,1-2H3. The molecule has 2 heterocycles. The van der Waals surface area contributed by atoms with Gasteiger partial charge in [-0.25, -0.2) is 14.5 Å². The van der Waals surface area contributed by atoms with Gasteiger partial charge in [-0.2, -0.15) is 0 Å². The van der Waals surface area contributed by atoms with Gasteiger partial charge in [0.15, 0.2) is 5.69 Å². The van der Waals surface area contributed by atoms with Gasteiger partial charge < -0.3 is 14.0 Å². The van der Waals surface area contributed by atoms with Crippen LogP contribution in [0.1, 0.15) is 22.6 Å². The van der Waals surface area contributed by atoms with Crippen molar-refractivity contribution in [3.8, 4) is 0 Å². The van der Waals surface area contributed by atoms with Crippen LogP contribution in [0.4, 0.5) is 0 Å². The average Bonchev–Trinajstić information content (AvgIpc) is 3.10. The van der Waals surface area contributed by atoms with Crippen LogP contribution in [-0.4, -0.2) is 50.8 Å². The van der Waals surface area contributed by atoms with E-state index in [9.17, 15) is 4.79 Å². The fourth-order valence-electron chi connectivity index (χ4n) is 1.87. The fourth-order valence-corrected chi connectivity index (χ4v) is 1.87. The highest BCUT2D eigenvalue weighted by Crippen LogP contribution is 2.07. The van der Waals surface area contributed by atoms with Gasteiger partial charge in [0, 0.05) is 32.6 Å². The van der Waals surface area contributed by atoms with Gasteiger partial charge in [0.25, 0.3) is 0 Å². The molecule has 0 saturated carbocycles. The van der Waals surface area contributed by atoms with Crippen molar-refractivity contribution in [2.75, 3.05) is 20.3 Å². The van der Waals surface area contributed by atoms with Gasteiger partial charge in [-0.05, 0) is 13.3 Å². The largest absolute Gasteiger partial charge is 0.458 e. The van der Waals surface area contributed by atoms with Crippen LogP contribution in [0.2, 0.25) is 0 Å². The number of aryl methyl sites for hydroxylation is 2. The molecule has 2 aromatic rings. The molecule has 0 amide bonds. The minimum absolute atomic E-state index is 0.211. The summed E-state index contributed by atoms with van der Waals surface area (Å²) in [5, 5.41) is 7.88. The highest BCUT2D eigenvalue weighted by atomic mass is 16.6. The molecule has 8 nitrogen and oxygen atoms in total. The fraction of sp³-hybridized carbons (Fsp3) is 0.538. The van der Waals surface area contributed by atoms with Crippen LogP contribution < -0.4 is 0 Å². The van der Waals surface area contributed by atoms with E-state index in [2.05, 4.69) is 15.3 Å². The van der Waals surface area contributed by atoms with Crippen LogP contribution in [0.15, 0.2) is 18.7 Å². The number of esters is 1. The van der Waals surface area contributed by atoms with E-state index in [1.165, 1.54) is 0 Å². The Morgan fingerprint density at radius 1 is 1.33 bits per heavy atom. The molecule has 0 fully saturated rings. The number of hydrogen-bond donors (Lipinski definition) is 0. The molecule has 0 radical (unpaired) electrons. The van der Waals surface area contributed by atoms with E-state index in [-0.39, 0.29) is 12.3 Å². The number of methoxy groups -OCH3 is 1. The van der Waals surface area contributed by atoms with E-state index in [1.54, 1.807) is 24.3 Å². The predicted octanol–water partition coefficient (Wildman–Crippen LogP) is 0.677. The molecule has 0 unspecified atom stereocenters. The van der Waals surface area contributed by atoms with Crippen molar-refractivity contribution in [1.29, 1.82) is 0 Å². The van der Waals surface area contributed by atoms with Crippen LogP contribution in [-0.2, 0) is 22.6 Å². The molecule has 0 bridgehead atoms. The van der Waals surface area contributed by atoms with E-state index in [0.29, 0.717) is 18.8 Å². The highest BCUT2D eigenvalue weighted by molar-refractivity contribution is 5.88. The zero-order valence-electron chi connectivity index (χ0n) is 12.2. The first-order valence-electron chi connectivity index (χ1n) is 6.74. The molecular formula is C13H19N5O3. The number of aromatic nitrogens is 5. The van der Waals surface area contributed by atoms with Gasteiger partial charge in [-0.3, -0.25) is 0 Å². The third-order valence-electron chi connectivity index (χ3n) is 3.04. The van der Waals surface area contributed by atoms with Crippen LogP contribution in [0.5, 0.6) is 0 Å². The van der Waals surface area contributed by atoms with Gasteiger partial charge in [-0.15, -0.1) is 5.10 Å². The Labute approximate surface area is 122 Å². The number of ether oxygens (including phenoxy) is 2. The van der Waals surface area contributed by atoms with Crippen molar-refractivity contribution in [1.82, 2.24) is 24.5 Å². The van der Waals surface area contributed by atoms with Gasteiger partial charge in [-0.1, -0.05) is 5.21 Å². The normalized spacial score (nSPS) is 10.8. The SMILES string of the molecule is COCCOC(=O)c1nnn(CCCn2ccnc2)c1C. The number of hydrogen-bond acceptors (Lipinski definition) is 6. The maximum Gasteiger partial charge on any atom is 0.360 e. The van der Waals surface area contributed by atoms with Crippen molar-refractivity contribution < 1.29 is 14.3 Å². The Hall–Kier alpha value is -2.22. The minimum atomic E-state index is -0.467. The highest BCUT2D eigenvalue weighted by Gasteiger charge is 2.17. The van der Waals surface area contributed by atoms with Crippen molar-refractivity contribution in [2.24, 2.45) is 0 Å². The maximum atomic E-state index is 11.8. The van der Waals surface area contributed by atoms with E-state index in [4.69, 9.17) is 9.47 Å². The molecule has 0 saturated heterocycles. The Morgan fingerprint density at radius 2 is 2.19 bits per heavy atom. The summed E-state index contributed by atoms with van der Waals surface area (Å²) in [4.78, 5) is 15.8. The number of carbonyl (C=O) groups excluding carboxylic acids is 1. The smallest absolute Gasteiger partial charge is 0.360 e. The second-order valence-electron chi connectivity index (χ2n) is 4.53. The molecule has 0 aliphatic carbocycles. The number of imidazole rings is 1. The van der Waals surface area contributed by atoms with Crippen molar-refractivity contribution in [3.05, 3.63) is 30.1 Å². The van der Waals surface area contributed by atoms with E-state index < -0.39 is 5.97 Å². The minimum Gasteiger partial charge on any atom is -0.458 e.